The van der Waals surface area contributed by atoms with Crippen molar-refractivity contribution in [3.63, 3.8) is 0 Å². The van der Waals surface area contributed by atoms with Crippen molar-refractivity contribution in [3.05, 3.63) is 42.2 Å². The number of aromatic nitrogens is 2. The topological polar surface area (TPSA) is 67.2 Å². The van der Waals surface area contributed by atoms with Crippen LogP contribution in [0.5, 0.6) is 0 Å². The summed E-state index contributed by atoms with van der Waals surface area (Å²) in [6.45, 7) is 3.79. The maximum atomic E-state index is 12.4. The van der Waals surface area contributed by atoms with Gasteiger partial charge >= 0.3 is 6.03 Å². The van der Waals surface area contributed by atoms with Crippen LogP contribution in [-0.4, -0.2) is 50.0 Å². The minimum atomic E-state index is -0.946. The molecule has 1 aromatic heterocycles. The standard InChI is InChI=1S/C16H22N4O2S/c1-12-9-10-20(18-12)15-8-6-5-7-14(15)17-16(21)19(3)13(2)11-23(4)22/h5-10,13H,11H2,1-4H3,(H,17,21)/t13-,23-/m0/s1. The molecule has 1 heterocycles. The number of carbonyl (C=O) groups is 1. The summed E-state index contributed by atoms with van der Waals surface area (Å²) < 4.78 is 13.1. The van der Waals surface area contributed by atoms with Crippen molar-refractivity contribution in [1.82, 2.24) is 14.7 Å². The molecule has 0 saturated heterocycles. The van der Waals surface area contributed by atoms with Crippen LogP contribution in [-0.2, 0) is 10.8 Å². The highest BCUT2D eigenvalue weighted by Crippen LogP contribution is 2.20. The zero-order chi connectivity index (χ0) is 17.0. The van der Waals surface area contributed by atoms with Gasteiger partial charge in [0, 0.05) is 42.1 Å². The third-order valence-electron chi connectivity index (χ3n) is 3.57. The molecular weight excluding hydrogens is 312 g/mol. The van der Waals surface area contributed by atoms with E-state index in [-0.39, 0.29) is 12.1 Å². The lowest BCUT2D eigenvalue weighted by molar-refractivity contribution is 0.212. The van der Waals surface area contributed by atoms with E-state index in [4.69, 9.17) is 0 Å². The lowest BCUT2D eigenvalue weighted by Crippen LogP contribution is -2.41. The summed E-state index contributed by atoms with van der Waals surface area (Å²) in [6, 6.07) is 9.05. The van der Waals surface area contributed by atoms with E-state index < -0.39 is 10.8 Å². The molecule has 124 valence electrons. The average Bonchev–Trinajstić information content (AvgIpc) is 2.92. The van der Waals surface area contributed by atoms with Gasteiger partial charge in [-0.3, -0.25) is 4.21 Å². The summed E-state index contributed by atoms with van der Waals surface area (Å²) in [4.78, 5) is 14.0. The second-order valence-corrected chi connectivity index (χ2v) is 7.03. The molecule has 2 rings (SSSR count). The van der Waals surface area contributed by atoms with Crippen molar-refractivity contribution < 1.29 is 9.00 Å². The predicted molar refractivity (Wildman–Crippen MR) is 93.5 cm³/mol. The van der Waals surface area contributed by atoms with Gasteiger partial charge in [-0.05, 0) is 32.0 Å². The van der Waals surface area contributed by atoms with Gasteiger partial charge in [0.2, 0.25) is 0 Å². The first-order valence-electron chi connectivity index (χ1n) is 7.34. The summed E-state index contributed by atoms with van der Waals surface area (Å²) >= 11 is 0. The predicted octanol–water partition coefficient (Wildman–Crippen LogP) is 2.41. The van der Waals surface area contributed by atoms with E-state index in [0.29, 0.717) is 11.4 Å². The van der Waals surface area contributed by atoms with Crippen LogP contribution in [0.25, 0.3) is 5.69 Å². The Labute approximate surface area is 138 Å². The first-order valence-corrected chi connectivity index (χ1v) is 9.06. The first kappa shape index (κ1) is 17.2. The Kier molecular flexibility index (Phi) is 5.54. The van der Waals surface area contributed by atoms with Crippen LogP contribution in [0.2, 0.25) is 0 Å². The number of hydrogen-bond donors (Lipinski definition) is 1. The van der Waals surface area contributed by atoms with E-state index in [0.717, 1.165) is 11.4 Å². The normalized spacial score (nSPS) is 13.4. The van der Waals surface area contributed by atoms with Crippen molar-refractivity contribution >= 4 is 22.5 Å². The zero-order valence-corrected chi connectivity index (χ0v) is 14.6. The molecule has 0 aliphatic carbocycles. The number of rotatable bonds is 5. The molecule has 2 aromatic rings. The fraction of sp³-hybridized carbons (Fsp3) is 0.375. The number of benzene rings is 1. The van der Waals surface area contributed by atoms with Crippen LogP contribution in [0.15, 0.2) is 36.5 Å². The summed E-state index contributed by atoms with van der Waals surface area (Å²) in [5.74, 6) is 0.448. The number of amides is 2. The van der Waals surface area contributed by atoms with Crippen molar-refractivity contribution in [2.24, 2.45) is 0 Å². The Morgan fingerprint density at radius 2 is 2.09 bits per heavy atom. The molecule has 1 aromatic carbocycles. The van der Waals surface area contributed by atoms with E-state index in [1.807, 2.05) is 50.4 Å². The van der Waals surface area contributed by atoms with Crippen LogP contribution in [0.3, 0.4) is 0 Å². The van der Waals surface area contributed by atoms with Crippen LogP contribution >= 0.6 is 0 Å². The molecule has 0 radical (unpaired) electrons. The highest BCUT2D eigenvalue weighted by Gasteiger charge is 2.18. The molecule has 0 bridgehead atoms. The quantitative estimate of drug-likeness (QED) is 0.913. The molecule has 0 aliphatic heterocycles. The summed E-state index contributed by atoms with van der Waals surface area (Å²) in [5, 5.41) is 7.28. The highest BCUT2D eigenvalue weighted by atomic mass is 32.2. The molecule has 0 saturated carbocycles. The van der Waals surface area contributed by atoms with Crippen molar-refractivity contribution in [3.8, 4) is 5.69 Å². The number of aryl methyl sites for hydroxylation is 1. The Bertz CT molecular complexity index is 714. The molecule has 7 heteroatoms. The fourth-order valence-corrected chi connectivity index (χ4v) is 3.09. The third-order valence-corrected chi connectivity index (χ3v) is 4.52. The monoisotopic (exact) mass is 334 g/mol. The molecule has 0 aliphatic rings. The molecule has 1 N–H and O–H groups in total. The smallest absolute Gasteiger partial charge is 0.321 e. The summed E-state index contributed by atoms with van der Waals surface area (Å²) in [6.07, 6.45) is 3.49. The number of carbonyl (C=O) groups excluding carboxylic acids is 1. The van der Waals surface area contributed by atoms with E-state index in [1.54, 1.807) is 22.9 Å². The van der Waals surface area contributed by atoms with E-state index >= 15 is 0 Å². The molecule has 23 heavy (non-hydrogen) atoms. The minimum absolute atomic E-state index is 0.111. The Balaban J connectivity index is 2.17. The second-order valence-electron chi connectivity index (χ2n) is 5.55. The Morgan fingerprint density at radius 1 is 1.39 bits per heavy atom. The number of urea groups is 1. The van der Waals surface area contributed by atoms with Crippen molar-refractivity contribution in [2.75, 3.05) is 24.4 Å². The van der Waals surface area contributed by atoms with Gasteiger partial charge in [0.25, 0.3) is 0 Å². The van der Waals surface area contributed by atoms with Crippen molar-refractivity contribution in [2.45, 2.75) is 19.9 Å². The average molecular weight is 334 g/mol. The van der Waals surface area contributed by atoms with Crippen LogP contribution in [0.4, 0.5) is 10.5 Å². The summed E-state index contributed by atoms with van der Waals surface area (Å²) in [5.41, 5.74) is 2.38. The largest absolute Gasteiger partial charge is 0.324 e. The van der Waals surface area contributed by atoms with E-state index in [9.17, 15) is 9.00 Å². The number of nitrogens with one attached hydrogen (secondary N) is 1. The lowest BCUT2D eigenvalue weighted by atomic mass is 10.2. The third kappa shape index (κ3) is 4.41. The molecule has 0 spiro atoms. The molecule has 2 amide bonds. The SMILES string of the molecule is Cc1ccn(-c2ccccc2NC(=O)N(C)[C@@H](C)C[S@](C)=O)n1. The maximum Gasteiger partial charge on any atom is 0.321 e. The summed E-state index contributed by atoms with van der Waals surface area (Å²) in [7, 11) is 0.756. The van der Waals surface area contributed by atoms with Crippen LogP contribution < -0.4 is 5.32 Å². The van der Waals surface area contributed by atoms with Gasteiger partial charge in [-0.15, -0.1) is 0 Å². The fourth-order valence-electron chi connectivity index (χ4n) is 2.18. The second kappa shape index (κ2) is 7.41. The van der Waals surface area contributed by atoms with Gasteiger partial charge in [0.15, 0.2) is 0 Å². The number of nitrogens with zero attached hydrogens (tertiary/aromatic N) is 3. The Hall–Kier alpha value is -2.15. The maximum absolute atomic E-state index is 12.4. The first-order chi connectivity index (χ1) is 10.9. The van der Waals surface area contributed by atoms with Gasteiger partial charge in [-0.25, -0.2) is 9.48 Å². The van der Waals surface area contributed by atoms with Crippen molar-refractivity contribution in [1.29, 1.82) is 0 Å². The minimum Gasteiger partial charge on any atom is -0.324 e. The number of anilines is 1. The highest BCUT2D eigenvalue weighted by molar-refractivity contribution is 7.84. The van der Waals surface area contributed by atoms with Crippen LogP contribution in [0.1, 0.15) is 12.6 Å². The lowest BCUT2D eigenvalue weighted by Gasteiger charge is -2.25. The van der Waals surface area contributed by atoms with Gasteiger partial charge in [-0.2, -0.15) is 5.10 Å². The van der Waals surface area contributed by atoms with Gasteiger partial charge in [0.1, 0.15) is 0 Å². The molecule has 0 unspecified atom stereocenters. The van der Waals surface area contributed by atoms with E-state index in [1.165, 1.54) is 0 Å². The zero-order valence-electron chi connectivity index (χ0n) is 13.8. The number of para-hydroxylation sites is 2. The van der Waals surface area contributed by atoms with Crippen LogP contribution in [0, 0.1) is 6.92 Å². The molecule has 2 atom stereocenters. The van der Waals surface area contributed by atoms with E-state index in [2.05, 4.69) is 10.4 Å². The molecule has 0 fully saturated rings. The molecular formula is C16H22N4O2S. The Morgan fingerprint density at radius 3 is 2.70 bits per heavy atom. The van der Waals surface area contributed by atoms with Gasteiger partial charge in [-0.1, -0.05) is 12.1 Å². The molecule has 6 nitrogen and oxygen atoms in total. The van der Waals surface area contributed by atoms with Gasteiger partial charge in [0.05, 0.1) is 17.1 Å². The van der Waals surface area contributed by atoms with Gasteiger partial charge < -0.3 is 10.2 Å². The number of hydrogen-bond acceptors (Lipinski definition) is 3.